The molecule has 3 rings (SSSR count). The Kier molecular flexibility index (Phi) is 6.70. The molecule has 1 saturated heterocycles. The summed E-state index contributed by atoms with van der Waals surface area (Å²) in [6, 6.07) is 16.4. The second-order valence-corrected chi connectivity index (χ2v) is 9.05. The first-order valence-electron chi connectivity index (χ1n) is 9.59. The van der Waals surface area contributed by atoms with Crippen LogP contribution < -0.4 is 5.32 Å². The summed E-state index contributed by atoms with van der Waals surface area (Å²) in [6.07, 6.45) is 2.92. The number of hydrogen-bond donors (Lipinski definition) is 1. The number of carbonyl (C=O) groups is 1. The van der Waals surface area contributed by atoms with E-state index in [9.17, 15) is 13.2 Å². The smallest absolute Gasteiger partial charge is 0.317 e. The van der Waals surface area contributed by atoms with Crippen LogP contribution in [0.1, 0.15) is 30.4 Å². The van der Waals surface area contributed by atoms with Crippen molar-refractivity contribution in [3.05, 3.63) is 65.7 Å². The molecule has 6 nitrogen and oxygen atoms in total. The zero-order valence-corrected chi connectivity index (χ0v) is 17.0. The predicted octanol–water partition coefficient (Wildman–Crippen LogP) is 3.20. The van der Waals surface area contributed by atoms with Crippen molar-refractivity contribution in [2.75, 3.05) is 20.1 Å². The van der Waals surface area contributed by atoms with Crippen LogP contribution >= 0.6 is 0 Å². The molecular weight excluding hydrogens is 374 g/mol. The minimum atomic E-state index is -3.42. The molecule has 1 N–H and O–H groups in total. The highest BCUT2D eigenvalue weighted by molar-refractivity contribution is 7.89. The summed E-state index contributed by atoms with van der Waals surface area (Å²) in [5.41, 5.74) is 1.92. The van der Waals surface area contributed by atoms with Crippen LogP contribution in [0.3, 0.4) is 0 Å². The lowest BCUT2D eigenvalue weighted by Crippen LogP contribution is -2.36. The Morgan fingerprint density at radius 3 is 2.25 bits per heavy atom. The van der Waals surface area contributed by atoms with Gasteiger partial charge in [-0.15, -0.1) is 0 Å². The summed E-state index contributed by atoms with van der Waals surface area (Å²) in [5.74, 6) is 0. The van der Waals surface area contributed by atoms with E-state index in [1.807, 2.05) is 30.3 Å². The van der Waals surface area contributed by atoms with Gasteiger partial charge in [0.25, 0.3) is 0 Å². The highest BCUT2D eigenvalue weighted by atomic mass is 32.2. The average Bonchev–Trinajstić information content (AvgIpc) is 2.73. The third-order valence-electron chi connectivity index (χ3n) is 4.93. The van der Waals surface area contributed by atoms with Crippen LogP contribution in [0.5, 0.6) is 0 Å². The lowest BCUT2D eigenvalue weighted by Gasteiger charge is -2.25. The fraction of sp³-hybridized carbons (Fsp3) is 0.381. The lowest BCUT2D eigenvalue weighted by atomic mass is 10.2. The monoisotopic (exact) mass is 401 g/mol. The normalized spacial score (nSPS) is 15.2. The van der Waals surface area contributed by atoms with E-state index in [0.717, 1.165) is 30.4 Å². The molecule has 2 aromatic rings. The summed E-state index contributed by atoms with van der Waals surface area (Å²) in [5, 5.41) is 2.87. The first-order chi connectivity index (χ1) is 13.5. The number of benzene rings is 2. The second kappa shape index (κ2) is 9.21. The molecule has 150 valence electrons. The molecule has 0 bridgehead atoms. The first-order valence-corrected chi connectivity index (χ1v) is 11.0. The Morgan fingerprint density at radius 2 is 1.61 bits per heavy atom. The number of urea groups is 1. The Hall–Kier alpha value is -2.38. The van der Waals surface area contributed by atoms with Crippen LogP contribution in [0, 0.1) is 0 Å². The molecule has 0 atom stereocenters. The second-order valence-electron chi connectivity index (χ2n) is 7.11. The molecule has 0 spiro atoms. The molecular formula is C21H27N3O3S. The number of sulfonamides is 1. The zero-order chi connectivity index (χ0) is 20.0. The van der Waals surface area contributed by atoms with Gasteiger partial charge in [-0.3, -0.25) is 0 Å². The fourth-order valence-electron chi connectivity index (χ4n) is 3.28. The van der Waals surface area contributed by atoms with Crippen molar-refractivity contribution in [3.8, 4) is 0 Å². The molecule has 2 amide bonds. The van der Waals surface area contributed by atoms with Crippen LogP contribution in [0.2, 0.25) is 0 Å². The van der Waals surface area contributed by atoms with Crippen molar-refractivity contribution >= 4 is 16.1 Å². The Balaban J connectivity index is 1.54. The van der Waals surface area contributed by atoms with Crippen LogP contribution in [-0.4, -0.2) is 43.8 Å². The number of piperidine rings is 1. The van der Waals surface area contributed by atoms with Gasteiger partial charge in [0.2, 0.25) is 10.0 Å². The number of hydrogen-bond acceptors (Lipinski definition) is 3. The van der Waals surface area contributed by atoms with E-state index in [1.54, 1.807) is 40.5 Å². The quantitative estimate of drug-likeness (QED) is 0.808. The summed E-state index contributed by atoms with van der Waals surface area (Å²) >= 11 is 0. The van der Waals surface area contributed by atoms with Crippen molar-refractivity contribution in [1.82, 2.24) is 14.5 Å². The average molecular weight is 402 g/mol. The van der Waals surface area contributed by atoms with E-state index in [-0.39, 0.29) is 6.03 Å². The maximum Gasteiger partial charge on any atom is 0.317 e. The minimum absolute atomic E-state index is 0.172. The van der Waals surface area contributed by atoms with E-state index in [2.05, 4.69) is 5.32 Å². The number of amides is 2. The number of nitrogens with zero attached hydrogens (tertiary/aromatic N) is 2. The standard InChI is InChI=1S/C21H27N3O3S/c1-23(17-19-8-4-2-5-9-19)21(25)22-16-18-10-12-20(13-11-18)28(26,27)24-14-6-3-7-15-24/h2,4-5,8-13H,3,6-7,14-17H2,1H3,(H,22,25). The Morgan fingerprint density at radius 1 is 0.964 bits per heavy atom. The highest BCUT2D eigenvalue weighted by Crippen LogP contribution is 2.20. The van der Waals surface area contributed by atoms with E-state index in [0.29, 0.717) is 31.1 Å². The largest absolute Gasteiger partial charge is 0.334 e. The third-order valence-corrected chi connectivity index (χ3v) is 6.84. The molecule has 1 aliphatic rings. The van der Waals surface area contributed by atoms with Crippen LogP contribution in [0.4, 0.5) is 4.79 Å². The van der Waals surface area contributed by atoms with Crippen LogP contribution in [-0.2, 0) is 23.1 Å². The zero-order valence-electron chi connectivity index (χ0n) is 16.2. The molecule has 0 unspecified atom stereocenters. The highest BCUT2D eigenvalue weighted by Gasteiger charge is 2.25. The molecule has 0 aromatic heterocycles. The summed E-state index contributed by atoms with van der Waals surface area (Å²) in [7, 11) is -1.67. The van der Waals surface area contributed by atoms with E-state index < -0.39 is 10.0 Å². The number of rotatable bonds is 6. The Labute approximate surface area is 167 Å². The van der Waals surface area contributed by atoms with Gasteiger partial charge in [-0.25, -0.2) is 13.2 Å². The van der Waals surface area contributed by atoms with Crippen molar-refractivity contribution in [3.63, 3.8) is 0 Å². The van der Waals surface area contributed by atoms with Gasteiger partial charge in [-0.1, -0.05) is 48.9 Å². The molecule has 1 heterocycles. The molecule has 2 aromatic carbocycles. The van der Waals surface area contributed by atoms with Crippen molar-refractivity contribution in [2.45, 2.75) is 37.2 Å². The summed E-state index contributed by atoms with van der Waals surface area (Å²) in [6.45, 7) is 2.06. The third kappa shape index (κ3) is 5.11. The molecule has 1 fully saturated rings. The van der Waals surface area contributed by atoms with Gasteiger partial charge in [0.1, 0.15) is 0 Å². The molecule has 28 heavy (non-hydrogen) atoms. The van der Waals surface area contributed by atoms with Gasteiger partial charge in [-0.2, -0.15) is 4.31 Å². The SMILES string of the molecule is CN(Cc1ccccc1)C(=O)NCc1ccc(S(=O)(=O)N2CCCCC2)cc1. The molecule has 7 heteroatoms. The van der Waals surface area contributed by atoms with Gasteiger partial charge in [-0.05, 0) is 36.1 Å². The summed E-state index contributed by atoms with van der Waals surface area (Å²) < 4.78 is 26.9. The topological polar surface area (TPSA) is 69.7 Å². The molecule has 1 aliphatic heterocycles. The van der Waals surface area contributed by atoms with Crippen LogP contribution in [0.25, 0.3) is 0 Å². The van der Waals surface area contributed by atoms with Crippen LogP contribution in [0.15, 0.2) is 59.5 Å². The van der Waals surface area contributed by atoms with Gasteiger partial charge in [0, 0.05) is 33.2 Å². The minimum Gasteiger partial charge on any atom is -0.334 e. The number of nitrogens with one attached hydrogen (secondary N) is 1. The maximum absolute atomic E-state index is 12.7. The van der Waals surface area contributed by atoms with Crippen molar-refractivity contribution in [2.24, 2.45) is 0 Å². The van der Waals surface area contributed by atoms with Gasteiger partial charge in [0.05, 0.1) is 4.90 Å². The van der Waals surface area contributed by atoms with Crippen molar-refractivity contribution < 1.29 is 13.2 Å². The molecule has 0 radical (unpaired) electrons. The fourth-order valence-corrected chi connectivity index (χ4v) is 4.79. The van der Waals surface area contributed by atoms with Gasteiger partial charge in [0.15, 0.2) is 0 Å². The lowest BCUT2D eigenvalue weighted by molar-refractivity contribution is 0.206. The van der Waals surface area contributed by atoms with E-state index in [4.69, 9.17) is 0 Å². The van der Waals surface area contributed by atoms with E-state index in [1.165, 1.54) is 0 Å². The molecule has 0 aliphatic carbocycles. The summed E-state index contributed by atoms with van der Waals surface area (Å²) in [4.78, 5) is 14.2. The van der Waals surface area contributed by atoms with Gasteiger partial charge >= 0.3 is 6.03 Å². The predicted molar refractivity (Wildman–Crippen MR) is 109 cm³/mol. The Bertz CT molecular complexity index is 877. The van der Waals surface area contributed by atoms with E-state index >= 15 is 0 Å². The van der Waals surface area contributed by atoms with Gasteiger partial charge < -0.3 is 10.2 Å². The molecule has 0 saturated carbocycles. The van der Waals surface area contributed by atoms with Crippen molar-refractivity contribution in [1.29, 1.82) is 0 Å². The first kappa shape index (κ1) is 20.4. The number of carbonyl (C=O) groups excluding carboxylic acids is 1. The maximum atomic E-state index is 12.7.